The van der Waals surface area contributed by atoms with Gasteiger partial charge in [-0.3, -0.25) is 14.2 Å². The number of nitrogens with zero attached hydrogens (tertiary/aromatic N) is 2. The number of carbonyl (C=O) groups is 1. The number of methoxy groups -OCH3 is 2. The van der Waals surface area contributed by atoms with Gasteiger partial charge < -0.3 is 14.8 Å². The highest BCUT2D eigenvalue weighted by molar-refractivity contribution is 5.81. The fourth-order valence-electron chi connectivity index (χ4n) is 4.47. The lowest BCUT2D eigenvalue weighted by Gasteiger charge is -2.20. The molecule has 1 unspecified atom stereocenters. The Kier molecular flexibility index (Phi) is 6.96. The van der Waals surface area contributed by atoms with Gasteiger partial charge in [0.05, 0.1) is 37.5 Å². The van der Waals surface area contributed by atoms with Crippen molar-refractivity contribution in [3.8, 4) is 11.5 Å². The van der Waals surface area contributed by atoms with Crippen molar-refractivity contribution in [1.29, 1.82) is 0 Å². The molecule has 0 radical (unpaired) electrons. The normalized spacial score (nSPS) is 13.9. The smallest absolute Gasteiger partial charge is 0.261 e. The molecule has 2 aromatic carbocycles. The second kappa shape index (κ2) is 10.1. The number of ether oxygens (including phenoxy) is 2. The zero-order valence-corrected chi connectivity index (χ0v) is 19.5. The fraction of sp³-hybridized carbons (Fsp3) is 0.423. The maximum atomic E-state index is 12.9. The topological polar surface area (TPSA) is 82.5 Å². The van der Waals surface area contributed by atoms with Crippen molar-refractivity contribution >= 4 is 16.8 Å². The fourth-order valence-corrected chi connectivity index (χ4v) is 4.47. The van der Waals surface area contributed by atoms with Crippen molar-refractivity contribution in [2.75, 3.05) is 14.2 Å². The second-order valence-corrected chi connectivity index (χ2v) is 8.60. The molecule has 0 saturated carbocycles. The molecule has 7 nitrogen and oxygen atoms in total. The van der Waals surface area contributed by atoms with E-state index in [9.17, 15) is 9.59 Å². The van der Waals surface area contributed by atoms with Crippen LogP contribution in [0.25, 0.3) is 10.9 Å². The Labute approximate surface area is 193 Å². The van der Waals surface area contributed by atoms with Crippen molar-refractivity contribution in [2.24, 2.45) is 0 Å². The number of carbonyl (C=O) groups excluding carboxylic acids is 1. The highest BCUT2D eigenvalue weighted by atomic mass is 16.5. The minimum absolute atomic E-state index is 0.0200. The molecule has 4 rings (SSSR count). The van der Waals surface area contributed by atoms with E-state index in [1.807, 2.05) is 6.92 Å². The highest BCUT2D eigenvalue weighted by Gasteiger charge is 2.15. The van der Waals surface area contributed by atoms with Crippen molar-refractivity contribution < 1.29 is 14.3 Å². The van der Waals surface area contributed by atoms with Gasteiger partial charge in [-0.1, -0.05) is 18.2 Å². The number of benzene rings is 2. The number of hydrogen-bond donors (Lipinski definition) is 1. The Morgan fingerprint density at radius 2 is 1.82 bits per heavy atom. The average molecular weight is 450 g/mol. The van der Waals surface area contributed by atoms with Gasteiger partial charge in [0.2, 0.25) is 5.91 Å². The van der Waals surface area contributed by atoms with E-state index in [4.69, 9.17) is 9.47 Å². The van der Waals surface area contributed by atoms with Crippen LogP contribution in [0.2, 0.25) is 0 Å². The van der Waals surface area contributed by atoms with E-state index in [0.29, 0.717) is 41.8 Å². The Morgan fingerprint density at radius 1 is 1.09 bits per heavy atom. The lowest BCUT2D eigenvalue weighted by Crippen LogP contribution is -2.27. The maximum Gasteiger partial charge on any atom is 0.261 e. The third-order valence-corrected chi connectivity index (χ3v) is 6.38. The summed E-state index contributed by atoms with van der Waals surface area (Å²) in [6.45, 7) is 2.43. The first kappa shape index (κ1) is 22.8. The van der Waals surface area contributed by atoms with Gasteiger partial charge in [0.25, 0.3) is 5.56 Å². The molecule has 1 N–H and O–H groups in total. The molecule has 33 heavy (non-hydrogen) atoms. The summed E-state index contributed by atoms with van der Waals surface area (Å²) in [5.41, 5.74) is 4.38. The average Bonchev–Trinajstić information content (AvgIpc) is 2.84. The molecule has 1 heterocycles. The van der Waals surface area contributed by atoms with Gasteiger partial charge in [0.1, 0.15) is 0 Å². The predicted molar refractivity (Wildman–Crippen MR) is 128 cm³/mol. The minimum atomic E-state index is -0.163. The molecular formula is C26H31N3O4. The van der Waals surface area contributed by atoms with Crippen LogP contribution in [0.3, 0.4) is 0 Å². The second-order valence-electron chi connectivity index (χ2n) is 8.60. The van der Waals surface area contributed by atoms with Crippen LogP contribution >= 0.6 is 0 Å². The SMILES string of the molecule is COc1cc2ncn(CCCC(=O)NC(C)c3ccc4c(c3)CCCC4)c(=O)c2cc1OC. The summed E-state index contributed by atoms with van der Waals surface area (Å²) >= 11 is 0. The van der Waals surface area contributed by atoms with Gasteiger partial charge in [-0.2, -0.15) is 0 Å². The molecule has 0 bridgehead atoms. The molecule has 174 valence electrons. The van der Waals surface area contributed by atoms with Gasteiger partial charge >= 0.3 is 0 Å². The number of nitrogens with one attached hydrogen (secondary N) is 1. The molecule has 1 aliphatic rings. The molecule has 1 aliphatic carbocycles. The molecule has 3 aromatic rings. The lowest BCUT2D eigenvalue weighted by molar-refractivity contribution is -0.121. The summed E-state index contributed by atoms with van der Waals surface area (Å²) in [4.78, 5) is 29.8. The van der Waals surface area contributed by atoms with E-state index >= 15 is 0 Å². The molecule has 0 aliphatic heterocycles. The first-order valence-corrected chi connectivity index (χ1v) is 11.5. The molecule has 0 saturated heterocycles. The number of fused-ring (bicyclic) bond motifs is 2. The monoisotopic (exact) mass is 449 g/mol. The number of amides is 1. The zero-order valence-electron chi connectivity index (χ0n) is 19.5. The Morgan fingerprint density at radius 3 is 2.58 bits per heavy atom. The Balaban J connectivity index is 1.36. The first-order chi connectivity index (χ1) is 16.0. The van der Waals surface area contributed by atoms with Crippen molar-refractivity contribution in [3.63, 3.8) is 0 Å². The van der Waals surface area contributed by atoms with Crippen LogP contribution < -0.4 is 20.3 Å². The predicted octanol–water partition coefficient (Wildman–Crippen LogP) is 3.95. The minimum Gasteiger partial charge on any atom is -0.493 e. The van der Waals surface area contributed by atoms with E-state index in [1.54, 1.807) is 19.2 Å². The van der Waals surface area contributed by atoms with Crippen molar-refractivity contribution in [3.05, 3.63) is 63.7 Å². The Bertz CT molecular complexity index is 1220. The van der Waals surface area contributed by atoms with Crippen LogP contribution in [-0.2, 0) is 24.2 Å². The lowest BCUT2D eigenvalue weighted by atomic mass is 9.89. The number of aryl methyl sites for hydroxylation is 3. The third kappa shape index (κ3) is 5.02. The van der Waals surface area contributed by atoms with Crippen LogP contribution in [0.15, 0.2) is 41.5 Å². The Hall–Kier alpha value is -3.35. The van der Waals surface area contributed by atoms with E-state index in [0.717, 1.165) is 18.4 Å². The van der Waals surface area contributed by atoms with E-state index in [-0.39, 0.29) is 17.5 Å². The summed E-state index contributed by atoms with van der Waals surface area (Å²) < 4.78 is 12.1. The number of rotatable bonds is 8. The molecule has 0 spiro atoms. The quantitative estimate of drug-likeness (QED) is 0.563. The van der Waals surface area contributed by atoms with Crippen molar-refractivity contribution in [2.45, 2.75) is 58.0 Å². The number of aromatic nitrogens is 2. The van der Waals surface area contributed by atoms with Crippen LogP contribution in [0.1, 0.15) is 55.3 Å². The molecule has 1 aromatic heterocycles. The largest absolute Gasteiger partial charge is 0.493 e. The van der Waals surface area contributed by atoms with Gasteiger partial charge in [0, 0.05) is 19.0 Å². The van der Waals surface area contributed by atoms with Crippen molar-refractivity contribution in [1.82, 2.24) is 14.9 Å². The molecule has 1 amide bonds. The molecule has 7 heteroatoms. The first-order valence-electron chi connectivity index (χ1n) is 11.5. The highest BCUT2D eigenvalue weighted by Crippen LogP contribution is 2.30. The summed E-state index contributed by atoms with van der Waals surface area (Å²) in [6.07, 6.45) is 7.17. The van der Waals surface area contributed by atoms with Crippen LogP contribution in [-0.4, -0.2) is 29.7 Å². The maximum absolute atomic E-state index is 12.9. The number of hydrogen-bond acceptors (Lipinski definition) is 5. The summed E-state index contributed by atoms with van der Waals surface area (Å²) in [6, 6.07) is 9.86. The van der Waals surface area contributed by atoms with Gasteiger partial charge in [-0.25, -0.2) is 4.98 Å². The van der Waals surface area contributed by atoms with Crippen LogP contribution in [0.5, 0.6) is 11.5 Å². The van der Waals surface area contributed by atoms with E-state index in [2.05, 4.69) is 28.5 Å². The molecule has 1 atom stereocenters. The van der Waals surface area contributed by atoms with Gasteiger partial charge in [0.15, 0.2) is 11.5 Å². The van der Waals surface area contributed by atoms with E-state index < -0.39 is 0 Å². The summed E-state index contributed by atoms with van der Waals surface area (Å²) in [7, 11) is 3.07. The standard InChI is InChI=1S/C26H31N3O4/c1-17(19-11-10-18-7-4-5-8-20(18)13-19)28-25(30)9-6-12-29-16-27-22-15-24(33-3)23(32-2)14-21(22)26(29)31/h10-11,13-17H,4-9,12H2,1-3H3,(H,28,30). The van der Waals surface area contributed by atoms with Crippen LogP contribution in [0.4, 0.5) is 0 Å². The van der Waals surface area contributed by atoms with Gasteiger partial charge in [-0.05, 0) is 61.8 Å². The summed E-state index contributed by atoms with van der Waals surface area (Å²) in [5.74, 6) is 0.991. The summed E-state index contributed by atoms with van der Waals surface area (Å²) in [5, 5.41) is 3.55. The van der Waals surface area contributed by atoms with E-state index in [1.165, 1.54) is 42.0 Å². The van der Waals surface area contributed by atoms with Crippen LogP contribution in [0, 0.1) is 0 Å². The molecular weight excluding hydrogens is 418 g/mol. The molecule has 0 fully saturated rings. The van der Waals surface area contributed by atoms with Gasteiger partial charge in [-0.15, -0.1) is 0 Å². The zero-order chi connectivity index (χ0) is 23.4. The third-order valence-electron chi connectivity index (χ3n) is 6.38.